The van der Waals surface area contributed by atoms with Gasteiger partial charge in [-0.25, -0.2) is 4.98 Å². The average Bonchev–Trinajstić information content (AvgIpc) is 2.95. The van der Waals surface area contributed by atoms with E-state index in [9.17, 15) is 5.11 Å². The van der Waals surface area contributed by atoms with Crippen molar-refractivity contribution in [1.82, 2.24) is 14.5 Å². The maximum absolute atomic E-state index is 10.5. The molecule has 1 aromatic carbocycles. The van der Waals surface area contributed by atoms with E-state index in [-0.39, 0.29) is 12.2 Å². The van der Waals surface area contributed by atoms with Crippen molar-refractivity contribution in [3.05, 3.63) is 42.7 Å². The molecule has 5 nitrogen and oxygen atoms in total. The van der Waals surface area contributed by atoms with Crippen molar-refractivity contribution >= 4 is 0 Å². The summed E-state index contributed by atoms with van der Waals surface area (Å²) in [5.41, 5.74) is 1.07. The van der Waals surface area contributed by atoms with Gasteiger partial charge >= 0.3 is 0 Å². The van der Waals surface area contributed by atoms with E-state index in [1.54, 1.807) is 6.20 Å². The van der Waals surface area contributed by atoms with Crippen LogP contribution in [-0.4, -0.2) is 57.5 Å². The minimum absolute atomic E-state index is 0.221. The van der Waals surface area contributed by atoms with E-state index in [4.69, 9.17) is 4.74 Å². The number of nitrogens with zero attached hydrogens (tertiary/aromatic N) is 3. The molecule has 1 fully saturated rings. The largest absolute Gasteiger partial charge is 0.390 e. The summed E-state index contributed by atoms with van der Waals surface area (Å²) in [4.78, 5) is 6.71. The molecule has 2 aromatic rings. The molecule has 3 rings (SSSR count). The van der Waals surface area contributed by atoms with E-state index < -0.39 is 6.10 Å². The highest BCUT2D eigenvalue weighted by atomic mass is 16.5. The van der Waals surface area contributed by atoms with E-state index >= 15 is 0 Å². The topological polar surface area (TPSA) is 50.5 Å². The lowest BCUT2D eigenvalue weighted by atomic mass is 10.2. The molecule has 0 amide bonds. The third-order valence-electron chi connectivity index (χ3n) is 4.12. The van der Waals surface area contributed by atoms with Crippen LogP contribution in [0.3, 0.4) is 0 Å². The van der Waals surface area contributed by atoms with Gasteiger partial charge in [0.1, 0.15) is 5.82 Å². The molecule has 0 radical (unpaired) electrons. The first-order chi connectivity index (χ1) is 11.1. The second-order valence-corrected chi connectivity index (χ2v) is 6.40. The van der Waals surface area contributed by atoms with Gasteiger partial charge < -0.3 is 14.4 Å². The fraction of sp³-hybridized carbons (Fsp3) is 0.500. The molecule has 1 aliphatic rings. The van der Waals surface area contributed by atoms with Crippen LogP contribution in [0.1, 0.15) is 13.8 Å². The van der Waals surface area contributed by atoms with Gasteiger partial charge in [-0.2, -0.15) is 0 Å². The normalized spacial score (nSPS) is 23.8. The van der Waals surface area contributed by atoms with Crippen molar-refractivity contribution in [2.24, 2.45) is 0 Å². The first-order valence-corrected chi connectivity index (χ1v) is 8.24. The third kappa shape index (κ3) is 4.19. The zero-order chi connectivity index (χ0) is 16.2. The van der Waals surface area contributed by atoms with Crippen LogP contribution in [0.15, 0.2) is 42.7 Å². The number of aliphatic hydroxyl groups excluding tert-OH is 1. The summed E-state index contributed by atoms with van der Waals surface area (Å²) in [7, 11) is 0. The van der Waals surface area contributed by atoms with Crippen molar-refractivity contribution in [2.75, 3.05) is 19.6 Å². The Labute approximate surface area is 137 Å². The highest BCUT2D eigenvalue weighted by molar-refractivity contribution is 5.55. The number of ether oxygens (including phenoxy) is 1. The average molecular weight is 315 g/mol. The zero-order valence-corrected chi connectivity index (χ0v) is 13.8. The number of hydrogen-bond acceptors (Lipinski definition) is 4. The molecule has 1 aliphatic heterocycles. The Bertz CT molecular complexity index is 604. The Morgan fingerprint density at radius 3 is 2.57 bits per heavy atom. The second-order valence-electron chi connectivity index (χ2n) is 6.40. The molecule has 1 saturated heterocycles. The number of imidazole rings is 1. The highest BCUT2D eigenvalue weighted by Gasteiger charge is 2.24. The molecule has 0 saturated carbocycles. The lowest BCUT2D eigenvalue weighted by molar-refractivity contribution is -0.0772. The molecule has 124 valence electrons. The summed E-state index contributed by atoms with van der Waals surface area (Å²) in [5.74, 6) is 0.897. The number of hydrogen-bond donors (Lipinski definition) is 1. The fourth-order valence-corrected chi connectivity index (χ4v) is 3.32. The standard InChI is InChI=1S/C18H25N3O2/c1-14-10-20(11-15(2)23-14)12-17(22)13-21-9-8-19-18(21)16-6-4-3-5-7-16/h3-9,14-15,17,22H,10-13H2,1-2H3. The number of morpholine rings is 1. The third-order valence-corrected chi connectivity index (χ3v) is 4.12. The molecule has 0 bridgehead atoms. The quantitative estimate of drug-likeness (QED) is 0.917. The summed E-state index contributed by atoms with van der Waals surface area (Å²) in [6.45, 7) is 7.11. The van der Waals surface area contributed by atoms with Crippen molar-refractivity contribution in [1.29, 1.82) is 0 Å². The second kappa shape index (κ2) is 7.25. The van der Waals surface area contributed by atoms with Gasteiger partial charge in [-0.1, -0.05) is 30.3 Å². The van der Waals surface area contributed by atoms with Gasteiger partial charge in [0.15, 0.2) is 0 Å². The molecule has 23 heavy (non-hydrogen) atoms. The van der Waals surface area contributed by atoms with Crippen LogP contribution in [-0.2, 0) is 11.3 Å². The number of aromatic nitrogens is 2. The molecule has 5 heteroatoms. The lowest BCUT2D eigenvalue weighted by Gasteiger charge is -2.36. The summed E-state index contributed by atoms with van der Waals surface area (Å²) in [6, 6.07) is 10.1. The van der Waals surface area contributed by atoms with Crippen LogP contribution in [0.4, 0.5) is 0 Å². The minimum Gasteiger partial charge on any atom is -0.390 e. The summed E-state index contributed by atoms with van der Waals surface area (Å²) in [6.07, 6.45) is 3.73. The molecule has 3 atom stereocenters. The lowest BCUT2D eigenvalue weighted by Crippen LogP contribution is -2.48. The predicted octanol–water partition coefficient (Wildman–Crippen LogP) is 2.02. The SMILES string of the molecule is CC1CN(CC(O)Cn2ccnc2-c2ccccc2)CC(C)O1. The Morgan fingerprint density at radius 1 is 1.17 bits per heavy atom. The molecule has 1 aromatic heterocycles. The number of β-amino-alcohol motifs (C(OH)–C–C–N with tert-alkyl or cyclic N) is 1. The van der Waals surface area contributed by atoms with Crippen LogP contribution in [0.5, 0.6) is 0 Å². The van der Waals surface area contributed by atoms with E-state index in [0.29, 0.717) is 13.1 Å². The number of rotatable bonds is 5. The van der Waals surface area contributed by atoms with Crippen LogP contribution in [0.2, 0.25) is 0 Å². The van der Waals surface area contributed by atoms with Crippen LogP contribution >= 0.6 is 0 Å². The van der Waals surface area contributed by atoms with Crippen molar-refractivity contribution < 1.29 is 9.84 Å². The van der Waals surface area contributed by atoms with Gasteiger partial charge in [0, 0.05) is 37.6 Å². The molecule has 0 spiro atoms. The zero-order valence-electron chi connectivity index (χ0n) is 13.8. The van der Waals surface area contributed by atoms with Gasteiger partial charge in [-0.3, -0.25) is 4.90 Å². The molecule has 0 aliphatic carbocycles. The van der Waals surface area contributed by atoms with Crippen LogP contribution < -0.4 is 0 Å². The maximum atomic E-state index is 10.5. The van der Waals surface area contributed by atoms with Gasteiger partial charge in [0.05, 0.1) is 24.9 Å². The fourth-order valence-electron chi connectivity index (χ4n) is 3.32. The van der Waals surface area contributed by atoms with E-state index in [2.05, 4.69) is 23.7 Å². The first kappa shape index (κ1) is 16.2. The molecular formula is C18H25N3O2. The van der Waals surface area contributed by atoms with Crippen LogP contribution in [0.25, 0.3) is 11.4 Å². The highest BCUT2D eigenvalue weighted by Crippen LogP contribution is 2.17. The van der Waals surface area contributed by atoms with Crippen molar-refractivity contribution in [3.63, 3.8) is 0 Å². The number of aliphatic hydroxyl groups is 1. The predicted molar refractivity (Wildman–Crippen MR) is 90.1 cm³/mol. The van der Waals surface area contributed by atoms with Crippen molar-refractivity contribution in [3.8, 4) is 11.4 Å². The van der Waals surface area contributed by atoms with Gasteiger partial charge in [-0.05, 0) is 13.8 Å². The van der Waals surface area contributed by atoms with Crippen LogP contribution in [0, 0.1) is 0 Å². The maximum Gasteiger partial charge on any atom is 0.139 e. The Kier molecular flexibility index (Phi) is 5.10. The smallest absolute Gasteiger partial charge is 0.139 e. The van der Waals surface area contributed by atoms with E-state index in [1.807, 2.05) is 41.1 Å². The van der Waals surface area contributed by atoms with E-state index in [1.165, 1.54) is 0 Å². The van der Waals surface area contributed by atoms with Crippen molar-refractivity contribution in [2.45, 2.75) is 38.7 Å². The summed E-state index contributed by atoms with van der Waals surface area (Å²) < 4.78 is 7.76. The summed E-state index contributed by atoms with van der Waals surface area (Å²) >= 11 is 0. The Hall–Kier alpha value is -1.69. The van der Waals surface area contributed by atoms with Gasteiger partial charge in [0.2, 0.25) is 0 Å². The Morgan fingerprint density at radius 2 is 1.87 bits per heavy atom. The van der Waals surface area contributed by atoms with Gasteiger partial charge in [0.25, 0.3) is 0 Å². The van der Waals surface area contributed by atoms with E-state index in [0.717, 1.165) is 24.5 Å². The Balaban J connectivity index is 1.63. The van der Waals surface area contributed by atoms with Gasteiger partial charge in [-0.15, -0.1) is 0 Å². The molecule has 1 N–H and O–H groups in total. The molecule has 2 heterocycles. The minimum atomic E-state index is -0.427. The molecule has 3 unspecified atom stereocenters. The number of benzene rings is 1. The monoisotopic (exact) mass is 315 g/mol. The summed E-state index contributed by atoms with van der Waals surface area (Å²) in [5, 5.41) is 10.5. The first-order valence-electron chi connectivity index (χ1n) is 8.24. The molecular weight excluding hydrogens is 290 g/mol.